The van der Waals surface area contributed by atoms with Crippen molar-refractivity contribution in [1.82, 2.24) is 9.55 Å². The van der Waals surface area contributed by atoms with Crippen LogP contribution in [-0.4, -0.2) is 22.3 Å². The SMILES string of the molecule is Cc1ccccc1OC[C@@H]1Cn2c(C)cc(=O)nc2O1. The first-order valence-corrected chi connectivity index (χ1v) is 6.57. The molecule has 1 aliphatic rings. The summed E-state index contributed by atoms with van der Waals surface area (Å²) in [6.45, 7) is 4.96. The minimum Gasteiger partial charge on any atom is -0.489 e. The molecule has 1 aromatic heterocycles. The second-order valence-corrected chi connectivity index (χ2v) is 4.95. The van der Waals surface area contributed by atoms with Crippen LogP contribution in [0.4, 0.5) is 0 Å². The quantitative estimate of drug-likeness (QED) is 0.853. The number of rotatable bonds is 3. The Morgan fingerprint density at radius 3 is 3.00 bits per heavy atom. The van der Waals surface area contributed by atoms with Crippen LogP contribution in [0.2, 0.25) is 0 Å². The van der Waals surface area contributed by atoms with Crippen molar-refractivity contribution in [2.24, 2.45) is 0 Å². The molecule has 1 aromatic carbocycles. The number of nitrogens with zero attached hydrogens (tertiary/aromatic N) is 2. The number of hydrogen-bond donors (Lipinski definition) is 0. The van der Waals surface area contributed by atoms with E-state index < -0.39 is 0 Å². The second kappa shape index (κ2) is 5.00. The van der Waals surface area contributed by atoms with Gasteiger partial charge in [0.05, 0.1) is 6.54 Å². The smallest absolute Gasteiger partial charge is 0.300 e. The van der Waals surface area contributed by atoms with Gasteiger partial charge in [-0.2, -0.15) is 4.98 Å². The highest BCUT2D eigenvalue weighted by Gasteiger charge is 2.25. The summed E-state index contributed by atoms with van der Waals surface area (Å²) in [7, 11) is 0. The number of fused-ring (bicyclic) bond motifs is 1. The number of para-hydroxylation sites is 1. The molecule has 5 nitrogen and oxygen atoms in total. The molecule has 1 atom stereocenters. The van der Waals surface area contributed by atoms with Crippen LogP contribution in [0.1, 0.15) is 11.3 Å². The van der Waals surface area contributed by atoms with Crippen LogP contribution >= 0.6 is 0 Å². The Morgan fingerprint density at radius 1 is 1.40 bits per heavy atom. The molecule has 0 fully saturated rings. The monoisotopic (exact) mass is 272 g/mol. The van der Waals surface area contributed by atoms with E-state index in [0.717, 1.165) is 17.0 Å². The third kappa shape index (κ3) is 2.39. The van der Waals surface area contributed by atoms with E-state index >= 15 is 0 Å². The fourth-order valence-electron chi connectivity index (χ4n) is 2.28. The second-order valence-electron chi connectivity index (χ2n) is 4.95. The molecule has 0 radical (unpaired) electrons. The van der Waals surface area contributed by atoms with Crippen LogP contribution < -0.4 is 15.0 Å². The normalized spacial score (nSPS) is 16.6. The Bertz CT molecular complexity index is 694. The van der Waals surface area contributed by atoms with Crippen LogP contribution in [0.25, 0.3) is 0 Å². The van der Waals surface area contributed by atoms with Crippen molar-refractivity contribution in [3.05, 3.63) is 51.9 Å². The molecule has 0 amide bonds. The Balaban J connectivity index is 1.69. The largest absolute Gasteiger partial charge is 0.489 e. The summed E-state index contributed by atoms with van der Waals surface area (Å²) in [6, 6.07) is 9.75. The van der Waals surface area contributed by atoms with Gasteiger partial charge in [0, 0.05) is 11.8 Å². The van der Waals surface area contributed by atoms with E-state index in [1.165, 1.54) is 6.07 Å². The van der Waals surface area contributed by atoms with Gasteiger partial charge in [0.25, 0.3) is 11.6 Å². The zero-order valence-electron chi connectivity index (χ0n) is 11.5. The van der Waals surface area contributed by atoms with E-state index in [4.69, 9.17) is 9.47 Å². The molecule has 20 heavy (non-hydrogen) atoms. The van der Waals surface area contributed by atoms with E-state index in [1.54, 1.807) is 0 Å². The van der Waals surface area contributed by atoms with Gasteiger partial charge in [0.15, 0.2) is 6.10 Å². The average Bonchev–Trinajstić information content (AvgIpc) is 2.81. The lowest BCUT2D eigenvalue weighted by atomic mass is 10.2. The Kier molecular flexibility index (Phi) is 3.18. The molecule has 104 valence electrons. The van der Waals surface area contributed by atoms with E-state index in [2.05, 4.69) is 4.98 Å². The summed E-state index contributed by atoms with van der Waals surface area (Å²) in [6.07, 6.45) is -0.123. The van der Waals surface area contributed by atoms with Crippen molar-refractivity contribution in [3.8, 4) is 11.8 Å². The molecule has 0 aliphatic carbocycles. The van der Waals surface area contributed by atoms with Crippen LogP contribution in [0.5, 0.6) is 11.8 Å². The van der Waals surface area contributed by atoms with E-state index in [1.807, 2.05) is 42.7 Å². The number of benzene rings is 1. The maximum absolute atomic E-state index is 11.3. The topological polar surface area (TPSA) is 53.4 Å². The molecule has 0 spiro atoms. The molecule has 0 saturated carbocycles. The number of hydrogen-bond acceptors (Lipinski definition) is 4. The zero-order chi connectivity index (χ0) is 14.1. The van der Waals surface area contributed by atoms with Crippen molar-refractivity contribution < 1.29 is 9.47 Å². The minimum absolute atomic E-state index is 0.123. The summed E-state index contributed by atoms with van der Waals surface area (Å²) in [5.74, 6) is 0.853. The van der Waals surface area contributed by atoms with Crippen molar-refractivity contribution in [3.63, 3.8) is 0 Å². The van der Waals surface area contributed by atoms with Gasteiger partial charge in [0.2, 0.25) is 0 Å². The fraction of sp³-hybridized carbons (Fsp3) is 0.333. The zero-order valence-corrected chi connectivity index (χ0v) is 11.5. The highest BCUT2D eigenvalue weighted by Crippen LogP contribution is 2.21. The summed E-state index contributed by atoms with van der Waals surface area (Å²) < 4.78 is 13.3. The van der Waals surface area contributed by atoms with Crippen LogP contribution in [0, 0.1) is 13.8 Å². The van der Waals surface area contributed by atoms with E-state index in [-0.39, 0.29) is 11.7 Å². The lowest BCUT2D eigenvalue weighted by Gasteiger charge is -2.12. The van der Waals surface area contributed by atoms with Crippen molar-refractivity contribution in [2.45, 2.75) is 26.5 Å². The van der Waals surface area contributed by atoms with Gasteiger partial charge < -0.3 is 9.47 Å². The van der Waals surface area contributed by atoms with Crippen LogP contribution in [0.15, 0.2) is 35.1 Å². The third-order valence-electron chi connectivity index (χ3n) is 3.37. The lowest BCUT2D eigenvalue weighted by Crippen LogP contribution is -2.23. The average molecular weight is 272 g/mol. The summed E-state index contributed by atoms with van der Waals surface area (Å²) in [4.78, 5) is 15.2. The van der Waals surface area contributed by atoms with Crippen molar-refractivity contribution >= 4 is 0 Å². The predicted octanol–water partition coefficient (Wildman–Crippen LogP) is 1.70. The molecule has 3 rings (SSSR count). The van der Waals surface area contributed by atoms with Crippen molar-refractivity contribution in [2.75, 3.05) is 6.61 Å². The van der Waals surface area contributed by atoms with Gasteiger partial charge in [-0.15, -0.1) is 0 Å². The molecule has 0 bridgehead atoms. The Labute approximate surface area is 116 Å². The third-order valence-corrected chi connectivity index (χ3v) is 3.37. The van der Waals surface area contributed by atoms with Gasteiger partial charge in [-0.1, -0.05) is 18.2 Å². The minimum atomic E-state index is -0.269. The summed E-state index contributed by atoms with van der Waals surface area (Å²) >= 11 is 0. The molecule has 0 unspecified atom stereocenters. The number of aryl methyl sites for hydroxylation is 2. The number of aromatic nitrogens is 2. The van der Waals surface area contributed by atoms with Crippen LogP contribution in [0.3, 0.4) is 0 Å². The molecule has 5 heteroatoms. The molecule has 0 N–H and O–H groups in total. The Hall–Kier alpha value is -2.30. The first-order valence-electron chi connectivity index (χ1n) is 6.57. The fourth-order valence-corrected chi connectivity index (χ4v) is 2.28. The highest BCUT2D eigenvalue weighted by atomic mass is 16.6. The maximum atomic E-state index is 11.3. The summed E-state index contributed by atoms with van der Waals surface area (Å²) in [5, 5.41) is 0. The maximum Gasteiger partial charge on any atom is 0.300 e. The molecular weight excluding hydrogens is 256 g/mol. The molecule has 1 aliphatic heterocycles. The first kappa shape index (κ1) is 12.7. The van der Waals surface area contributed by atoms with Crippen LogP contribution in [-0.2, 0) is 6.54 Å². The van der Waals surface area contributed by atoms with Gasteiger partial charge in [-0.3, -0.25) is 9.36 Å². The van der Waals surface area contributed by atoms with Gasteiger partial charge in [-0.05, 0) is 25.5 Å². The predicted molar refractivity (Wildman–Crippen MR) is 74.3 cm³/mol. The lowest BCUT2D eigenvalue weighted by molar-refractivity contribution is 0.143. The molecule has 2 heterocycles. The van der Waals surface area contributed by atoms with E-state index in [9.17, 15) is 4.79 Å². The molecule has 2 aromatic rings. The highest BCUT2D eigenvalue weighted by molar-refractivity contribution is 5.31. The number of ether oxygens (including phenoxy) is 2. The first-order chi connectivity index (χ1) is 9.63. The molecular formula is C15H16N2O3. The molecule has 0 saturated heterocycles. The standard InChI is InChI=1S/C15H16N2O3/c1-10-5-3-4-6-13(10)19-9-12-8-17-11(2)7-14(18)16-15(17)20-12/h3-7,12H,8-9H2,1-2H3/t12-/m0/s1. The Morgan fingerprint density at radius 2 is 2.20 bits per heavy atom. The van der Waals surface area contributed by atoms with Crippen molar-refractivity contribution in [1.29, 1.82) is 0 Å². The van der Waals surface area contributed by atoms with Gasteiger partial charge in [-0.25, -0.2) is 0 Å². The summed E-state index contributed by atoms with van der Waals surface area (Å²) in [5.41, 5.74) is 1.68. The van der Waals surface area contributed by atoms with Gasteiger partial charge in [0.1, 0.15) is 12.4 Å². The van der Waals surface area contributed by atoms with E-state index in [0.29, 0.717) is 19.2 Å². The van der Waals surface area contributed by atoms with Gasteiger partial charge >= 0.3 is 0 Å².